The van der Waals surface area contributed by atoms with Crippen LogP contribution in [0.5, 0.6) is 0 Å². The van der Waals surface area contributed by atoms with Crippen LogP contribution in [0.3, 0.4) is 0 Å². The first kappa shape index (κ1) is 13.2. The monoisotopic (exact) mass is 247 g/mol. The smallest absolute Gasteiger partial charge is 0.214 e. The van der Waals surface area contributed by atoms with Gasteiger partial charge in [-0.1, -0.05) is 0 Å². The van der Waals surface area contributed by atoms with E-state index in [2.05, 4.69) is 0 Å². The maximum absolute atomic E-state index is 11.7. The van der Waals surface area contributed by atoms with E-state index < -0.39 is 10.0 Å². The predicted molar refractivity (Wildman–Crippen MR) is 60.3 cm³/mol. The van der Waals surface area contributed by atoms with Crippen molar-refractivity contribution in [2.24, 2.45) is 0 Å². The predicted octanol–water partition coefficient (Wildman–Crippen LogP) is 0.814. The Morgan fingerprint density at radius 3 is 2.75 bits per heavy atom. The Labute approximate surface area is 95.7 Å². The van der Waals surface area contributed by atoms with Gasteiger partial charge in [0.25, 0.3) is 0 Å². The third kappa shape index (κ3) is 3.96. The van der Waals surface area contributed by atoms with Crippen LogP contribution in [0, 0.1) is 0 Å². The highest BCUT2D eigenvalue weighted by Crippen LogP contribution is 2.09. The van der Waals surface area contributed by atoms with Crippen molar-refractivity contribution in [3.8, 4) is 0 Å². The second-order valence-electron chi connectivity index (χ2n) is 3.63. The van der Waals surface area contributed by atoms with Crippen molar-refractivity contribution < 1.29 is 17.9 Å². The molecule has 0 amide bonds. The van der Waals surface area contributed by atoms with Crippen LogP contribution < -0.4 is 0 Å². The molecule has 16 heavy (non-hydrogen) atoms. The molecule has 5 nitrogen and oxygen atoms in total. The third-order valence-electron chi connectivity index (χ3n) is 2.27. The quantitative estimate of drug-likeness (QED) is 0.724. The molecule has 0 spiro atoms. The summed E-state index contributed by atoms with van der Waals surface area (Å²) in [5, 5.41) is 8.59. The summed E-state index contributed by atoms with van der Waals surface area (Å²) in [6.07, 6.45) is 4.04. The molecule has 92 valence electrons. The Bertz CT molecular complexity index is 385. The molecular formula is C10H17NO4S. The first-order valence-electron chi connectivity index (χ1n) is 5.12. The lowest BCUT2D eigenvalue weighted by Gasteiger charge is -2.15. The number of rotatable bonds is 7. The van der Waals surface area contributed by atoms with E-state index in [1.807, 2.05) is 0 Å². The van der Waals surface area contributed by atoms with Gasteiger partial charge in [0.2, 0.25) is 10.0 Å². The minimum absolute atomic E-state index is 0.0287. The van der Waals surface area contributed by atoms with Gasteiger partial charge in [-0.15, -0.1) is 0 Å². The van der Waals surface area contributed by atoms with Gasteiger partial charge in [-0.25, -0.2) is 12.7 Å². The van der Waals surface area contributed by atoms with Gasteiger partial charge in [-0.3, -0.25) is 0 Å². The lowest BCUT2D eigenvalue weighted by Crippen LogP contribution is -2.28. The van der Waals surface area contributed by atoms with Gasteiger partial charge in [-0.05, 0) is 18.9 Å². The zero-order valence-corrected chi connectivity index (χ0v) is 10.1. The van der Waals surface area contributed by atoms with Gasteiger partial charge < -0.3 is 9.52 Å². The summed E-state index contributed by atoms with van der Waals surface area (Å²) in [7, 11) is -1.69. The Morgan fingerprint density at radius 2 is 2.19 bits per heavy atom. The fourth-order valence-corrected chi connectivity index (χ4v) is 2.52. The second kappa shape index (κ2) is 6.03. The van der Waals surface area contributed by atoms with Gasteiger partial charge >= 0.3 is 0 Å². The molecule has 6 heteroatoms. The van der Waals surface area contributed by atoms with E-state index in [0.717, 1.165) is 5.56 Å². The number of sulfonamides is 1. The molecule has 0 atom stereocenters. The van der Waals surface area contributed by atoms with Crippen molar-refractivity contribution in [1.82, 2.24) is 4.31 Å². The summed E-state index contributed by atoms with van der Waals surface area (Å²) >= 11 is 0. The van der Waals surface area contributed by atoms with E-state index in [1.165, 1.54) is 16.8 Å². The van der Waals surface area contributed by atoms with Gasteiger partial charge in [-0.2, -0.15) is 0 Å². The van der Waals surface area contributed by atoms with Crippen molar-refractivity contribution in [2.75, 3.05) is 19.4 Å². The lowest BCUT2D eigenvalue weighted by atomic mass is 10.3. The largest absolute Gasteiger partial charge is 0.472 e. The minimum Gasteiger partial charge on any atom is -0.472 e. The van der Waals surface area contributed by atoms with Crippen LogP contribution >= 0.6 is 0 Å². The number of unbranched alkanes of at least 4 members (excludes halogenated alkanes) is 1. The Balaban J connectivity index is 2.48. The molecular weight excluding hydrogens is 230 g/mol. The Morgan fingerprint density at radius 1 is 1.44 bits per heavy atom. The SMILES string of the molecule is CN(Cc1ccoc1)S(=O)(=O)CCCCO. The van der Waals surface area contributed by atoms with Gasteiger partial charge in [0, 0.05) is 25.8 Å². The molecule has 0 saturated carbocycles. The van der Waals surface area contributed by atoms with Crippen molar-refractivity contribution in [3.63, 3.8) is 0 Å². The highest BCUT2D eigenvalue weighted by atomic mass is 32.2. The average molecular weight is 247 g/mol. The third-order valence-corrected chi connectivity index (χ3v) is 4.15. The number of hydrogen-bond donors (Lipinski definition) is 1. The van der Waals surface area contributed by atoms with Gasteiger partial charge in [0.05, 0.1) is 18.3 Å². The van der Waals surface area contributed by atoms with Crippen LogP contribution in [0.4, 0.5) is 0 Å². The van der Waals surface area contributed by atoms with E-state index >= 15 is 0 Å². The van der Waals surface area contributed by atoms with E-state index in [4.69, 9.17) is 9.52 Å². The molecule has 0 radical (unpaired) electrons. The van der Waals surface area contributed by atoms with E-state index in [9.17, 15) is 8.42 Å². The summed E-state index contributed by atoms with van der Waals surface area (Å²) in [6.45, 7) is 0.346. The molecule has 0 aliphatic rings. The molecule has 0 aliphatic heterocycles. The summed E-state index contributed by atoms with van der Waals surface area (Å²) in [6, 6.07) is 1.74. The van der Waals surface area contributed by atoms with E-state index in [1.54, 1.807) is 13.1 Å². The number of aliphatic hydroxyl groups is 1. The number of aliphatic hydroxyl groups excluding tert-OH is 1. The van der Waals surface area contributed by atoms with Crippen LogP contribution in [0.2, 0.25) is 0 Å². The van der Waals surface area contributed by atoms with Crippen molar-refractivity contribution in [3.05, 3.63) is 24.2 Å². The molecule has 0 aliphatic carbocycles. The Kier molecular flexibility index (Phi) is 4.98. The van der Waals surface area contributed by atoms with Crippen molar-refractivity contribution in [2.45, 2.75) is 19.4 Å². The van der Waals surface area contributed by atoms with E-state index in [-0.39, 0.29) is 12.4 Å². The first-order valence-corrected chi connectivity index (χ1v) is 6.73. The lowest BCUT2D eigenvalue weighted by molar-refractivity contribution is 0.287. The van der Waals surface area contributed by atoms with Gasteiger partial charge in [0.15, 0.2) is 0 Å². The average Bonchev–Trinajstić information content (AvgIpc) is 2.70. The van der Waals surface area contributed by atoms with Crippen LogP contribution in [0.15, 0.2) is 23.0 Å². The minimum atomic E-state index is -3.23. The maximum atomic E-state index is 11.7. The van der Waals surface area contributed by atoms with Crippen molar-refractivity contribution >= 4 is 10.0 Å². The fourth-order valence-electron chi connectivity index (χ4n) is 1.29. The summed E-state index contributed by atoms with van der Waals surface area (Å²) in [5.41, 5.74) is 0.827. The number of furan rings is 1. The molecule has 1 rings (SSSR count). The fraction of sp³-hybridized carbons (Fsp3) is 0.600. The summed E-state index contributed by atoms with van der Waals surface area (Å²) in [5.74, 6) is 0.0713. The Hall–Kier alpha value is -0.850. The summed E-state index contributed by atoms with van der Waals surface area (Å²) < 4.78 is 29.7. The number of hydrogen-bond acceptors (Lipinski definition) is 4. The van der Waals surface area contributed by atoms with Crippen molar-refractivity contribution in [1.29, 1.82) is 0 Å². The van der Waals surface area contributed by atoms with Gasteiger partial charge in [0.1, 0.15) is 0 Å². The molecule has 0 aromatic carbocycles. The van der Waals surface area contributed by atoms with Crippen LogP contribution in [-0.4, -0.2) is 37.2 Å². The highest BCUT2D eigenvalue weighted by molar-refractivity contribution is 7.89. The molecule has 0 saturated heterocycles. The molecule has 0 bridgehead atoms. The molecule has 0 fully saturated rings. The zero-order valence-electron chi connectivity index (χ0n) is 9.30. The number of nitrogens with zero attached hydrogens (tertiary/aromatic N) is 1. The second-order valence-corrected chi connectivity index (χ2v) is 5.83. The molecule has 1 aromatic heterocycles. The first-order chi connectivity index (χ1) is 7.56. The van der Waals surface area contributed by atoms with E-state index in [0.29, 0.717) is 19.4 Å². The van der Waals surface area contributed by atoms with Crippen LogP contribution in [-0.2, 0) is 16.6 Å². The van der Waals surface area contributed by atoms with Crippen LogP contribution in [0.1, 0.15) is 18.4 Å². The maximum Gasteiger partial charge on any atom is 0.214 e. The highest BCUT2D eigenvalue weighted by Gasteiger charge is 2.17. The molecule has 0 unspecified atom stereocenters. The molecule has 1 N–H and O–H groups in total. The standard InChI is InChI=1S/C10H17NO4S/c1-11(8-10-4-6-15-9-10)16(13,14)7-3-2-5-12/h4,6,9,12H,2-3,5,7-8H2,1H3. The topological polar surface area (TPSA) is 70.8 Å². The zero-order chi connectivity index (χ0) is 12.0. The normalized spacial score (nSPS) is 12.2. The van der Waals surface area contributed by atoms with Crippen LogP contribution in [0.25, 0.3) is 0 Å². The molecule has 1 heterocycles. The molecule has 1 aromatic rings. The summed E-state index contributed by atoms with van der Waals surface area (Å²) in [4.78, 5) is 0.